The van der Waals surface area contributed by atoms with Gasteiger partial charge in [0, 0.05) is 23.2 Å². The van der Waals surface area contributed by atoms with Crippen molar-refractivity contribution < 1.29 is 13.9 Å². The summed E-state index contributed by atoms with van der Waals surface area (Å²) in [4.78, 5) is 23.6. The number of aryl methyl sites for hydroxylation is 2. The Balaban J connectivity index is 1.71. The van der Waals surface area contributed by atoms with Crippen molar-refractivity contribution in [2.75, 3.05) is 11.9 Å². The Kier molecular flexibility index (Phi) is 5.28. The summed E-state index contributed by atoms with van der Waals surface area (Å²) in [6.45, 7) is 3.66. The number of halogens is 1. The Morgan fingerprint density at radius 2 is 1.92 bits per heavy atom. The summed E-state index contributed by atoms with van der Waals surface area (Å²) >= 11 is 6.22. The van der Waals surface area contributed by atoms with Crippen molar-refractivity contribution in [1.82, 2.24) is 0 Å². The summed E-state index contributed by atoms with van der Waals surface area (Å²) in [6, 6.07) is 12.2. The second-order valence-electron chi connectivity index (χ2n) is 5.91. The first kappa shape index (κ1) is 18.0. The molecule has 0 saturated heterocycles. The van der Waals surface area contributed by atoms with Gasteiger partial charge in [0.2, 0.25) is 0 Å². The maximum atomic E-state index is 12.1. The van der Waals surface area contributed by atoms with Crippen molar-refractivity contribution in [1.29, 1.82) is 0 Å². The van der Waals surface area contributed by atoms with Gasteiger partial charge in [-0.25, -0.2) is 4.79 Å². The molecule has 26 heavy (non-hydrogen) atoms. The molecule has 0 aliphatic rings. The minimum Gasteiger partial charge on any atom is -0.482 e. The van der Waals surface area contributed by atoms with Crippen LogP contribution >= 0.6 is 11.6 Å². The third-order valence-electron chi connectivity index (χ3n) is 4.01. The summed E-state index contributed by atoms with van der Waals surface area (Å²) in [5.41, 5.74) is 2.57. The van der Waals surface area contributed by atoms with Crippen LogP contribution < -0.4 is 15.7 Å². The van der Waals surface area contributed by atoms with E-state index in [9.17, 15) is 9.59 Å². The summed E-state index contributed by atoms with van der Waals surface area (Å²) < 4.78 is 10.7. The summed E-state index contributed by atoms with van der Waals surface area (Å²) in [5, 5.41) is 3.82. The van der Waals surface area contributed by atoms with Crippen molar-refractivity contribution in [3.8, 4) is 5.75 Å². The van der Waals surface area contributed by atoms with Crippen LogP contribution in [-0.4, -0.2) is 12.5 Å². The second-order valence-corrected chi connectivity index (χ2v) is 6.32. The maximum Gasteiger partial charge on any atom is 0.336 e. The predicted octanol–water partition coefficient (Wildman–Crippen LogP) is 4.33. The van der Waals surface area contributed by atoms with Crippen LogP contribution in [0.25, 0.3) is 11.0 Å². The Morgan fingerprint density at radius 1 is 1.19 bits per heavy atom. The number of fused-ring (bicyclic) bond motifs is 1. The van der Waals surface area contributed by atoms with E-state index in [0.29, 0.717) is 16.3 Å². The number of carbonyl (C=O) groups excluding carboxylic acids is 1. The average Bonchev–Trinajstić information content (AvgIpc) is 2.61. The van der Waals surface area contributed by atoms with Gasteiger partial charge in [0.1, 0.15) is 11.3 Å². The molecule has 0 fully saturated rings. The Bertz CT molecular complexity index is 1010. The average molecular weight is 372 g/mol. The molecule has 3 rings (SSSR count). The monoisotopic (exact) mass is 371 g/mol. The van der Waals surface area contributed by atoms with Crippen molar-refractivity contribution in [3.63, 3.8) is 0 Å². The van der Waals surface area contributed by atoms with E-state index in [-0.39, 0.29) is 18.3 Å². The van der Waals surface area contributed by atoms with Gasteiger partial charge >= 0.3 is 5.63 Å². The summed E-state index contributed by atoms with van der Waals surface area (Å²) in [7, 11) is 0. The van der Waals surface area contributed by atoms with Gasteiger partial charge in [-0.1, -0.05) is 30.7 Å². The molecule has 1 amide bonds. The smallest absolute Gasteiger partial charge is 0.336 e. The van der Waals surface area contributed by atoms with Gasteiger partial charge in [0.25, 0.3) is 5.91 Å². The number of benzene rings is 2. The molecule has 0 aliphatic carbocycles. The molecular weight excluding hydrogens is 354 g/mol. The number of carbonyl (C=O) groups is 1. The predicted molar refractivity (Wildman–Crippen MR) is 102 cm³/mol. The molecule has 0 saturated carbocycles. The largest absolute Gasteiger partial charge is 0.482 e. The number of amides is 1. The highest BCUT2D eigenvalue weighted by atomic mass is 35.5. The van der Waals surface area contributed by atoms with Crippen molar-refractivity contribution >= 4 is 34.2 Å². The molecule has 1 N–H and O–H groups in total. The van der Waals surface area contributed by atoms with Crippen LogP contribution in [0.15, 0.2) is 51.7 Å². The van der Waals surface area contributed by atoms with Crippen LogP contribution in [0.3, 0.4) is 0 Å². The highest BCUT2D eigenvalue weighted by molar-refractivity contribution is 6.32. The number of hydrogen-bond acceptors (Lipinski definition) is 4. The quantitative estimate of drug-likeness (QED) is 0.677. The number of ether oxygens (including phenoxy) is 1. The van der Waals surface area contributed by atoms with Gasteiger partial charge in [-0.2, -0.15) is 0 Å². The van der Waals surface area contributed by atoms with Crippen LogP contribution in [-0.2, 0) is 11.2 Å². The fourth-order valence-corrected chi connectivity index (χ4v) is 2.81. The van der Waals surface area contributed by atoms with Crippen LogP contribution in [0.4, 0.5) is 5.69 Å². The zero-order valence-electron chi connectivity index (χ0n) is 14.5. The zero-order valence-corrected chi connectivity index (χ0v) is 15.2. The van der Waals surface area contributed by atoms with Gasteiger partial charge in [0.15, 0.2) is 6.61 Å². The van der Waals surface area contributed by atoms with Crippen molar-refractivity contribution in [2.24, 2.45) is 0 Å². The van der Waals surface area contributed by atoms with Gasteiger partial charge in [-0.05, 0) is 42.7 Å². The second kappa shape index (κ2) is 7.62. The minimum absolute atomic E-state index is 0.212. The van der Waals surface area contributed by atoms with E-state index in [0.717, 1.165) is 17.4 Å². The van der Waals surface area contributed by atoms with E-state index in [2.05, 4.69) is 12.2 Å². The molecular formula is C20H18ClNO4. The van der Waals surface area contributed by atoms with E-state index in [1.807, 2.05) is 24.3 Å². The summed E-state index contributed by atoms with van der Waals surface area (Å²) in [6.07, 6.45) is 0.938. The third-order valence-corrected chi connectivity index (χ3v) is 4.30. The molecule has 1 heterocycles. The molecule has 0 atom stereocenters. The first-order valence-electron chi connectivity index (χ1n) is 8.22. The van der Waals surface area contributed by atoms with Gasteiger partial charge in [-0.3, -0.25) is 4.79 Å². The Morgan fingerprint density at radius 3 is 2.62 bits per heavy atom. The Labute approximate surface area is 155 Å². The molecule has 6 heteroatoms. The maximum absolute atomic E-state index is 12.1. The molecule has 0 radical (unpaired) electrons. The molecule has 0 bridgehead atoms. The highest BCUT2D eigenvalue weighted by Gasteiger charge is 2.11. The van der Waals surface area contributed by atoms with Crippen LogP contribution in [0.1, 0.15) is 18.1 Å². The lowest BCUT2D eigenvalue weighted by Crippen LogP contribution is -2.20. The molecule has 0 aliphatic heterocycles. The molecule has 0 unspecified atom stereocenters. The number of anilines is 1. The minimum atomic E-state index is -0.448. The molecule has 134 valence electrons. The van der Waals surface area contributed by atoms with Crippen molar-refractivity contribution in [2.45, 2.75) is 20.3 Å². The lowest BCUT2D eigenvalue weighted by molar-refractivity contribution is -0.118. The van der Waals surface area contributed by atoms with E-state index >= 15 is 0 Å². The van der Waals surface area contributed by atoms with E-state index < -0.39 is 5.63 Å². The standard InChI is InChI=1S/C20H18ClNO4/c1-3-13-4-6-14(7-5-13)22-19(23)11-25-18-10-17-15(9-16(18)21)12(2)8-20(24)26-17/h4-10H,3,11H2,1-2H3,(H,22,23). The van der Waals surface area contributed by atoms with E-state index in [1.54, 1.807) is 13.0 Å². The fraction of sp³-hybridized carbons (Fsp3) is 0.200. The number of rotatable bonds is 5. The molecule has 5 nitrogen and oxygen atoms in total. The topological polar surface area (TPSA) is 68.5 Å². The zero-order chi connectivity index (χ0) is 18.7. The Hall–Kier alpha value is -2.79. The third kappa shape index (κ3) is 4.06. The summed E-state index contributed by atoms with van der Waals surface area (Å²) in [5.74, 6) is -0.0273. The SMILES string of the molecule is CCc1ccc(NC(=O)COc2cc3oc(=O)cc(C)c3cc2Cl)cc1. The van der Waals surface area contributed by atoms with Crippen LogP contribution in [0.2, 0.25) is 5.02 Å². The highest BCUT2D eigenvalue weighted by Crippen LogP contribution is 2.31. The number of hydrogen-bond donors (Lipinski definition) is 1. The van der Waals surface area contributed by atoms with Gasteiger partial charge in [0.05, 0.1) is 5.02 Å². The van der Waals surface area contributed by atoms with E-state index in [4.69, 9.17) is 20.8 Å². The lowest BCUT2D eigenvalue weighted by atomic mass is 10.1. The molecule has 2 aromatic carbocycles. The molecule has 1 aromatic heterocycles. The molecule has 0 spiro atoms. The first-order chi connectivity index (χ1) is 12.5. The fourth-order valence-electron chi connectivity index (χ4n) is 2.59. The normalized spacial score (nSPS) is 10.7. The molecule has 3 aromatic rings. The van der Waals surface area contributed by atoms with Crippen LogP contribution in [0, 0.1) is 6.92 Å². The van der Waals surface area contributed by atoms with Crippen molar-refractivity contribution in [3.05, 3.63) is 69.0 Å². The van der Waals surface area contributed by atoms with Crippen LogP contribution in [0.5, 0.6) is 5.75 Å². The lowest BCUT2D eigenvalue weighted by Gasteiger charge is -2.10. The van der Waals surface area contributed by atoms with Gasteiger partial charge < -0.3 is 14.5 Å². The van der Waals surface area contributed by atoms with Gasteiger partial charge in [-0.15, -0.1) is 0 Å². The first-order valence-corrected chi connectivity index (χ1v) is 8.59. The number of nitrogens with one attached hydrogen (secondary N) is 1. The van der Waals surface area contributed by atoms with E-state index in [1.165, 1.54) is 17.7 Å².